The van der Waals surface area contributed by atoms with Gasteiger partial charge in [-0.2, -0.15) is 0 Å². The summed E-state index contributed by atoms with van der Waals surface area (Å²) in [4.78, 5) is 24.5. The SMILES string of the molecule is COc1ccc(C=CC(=O)OCC(=O)Nc2cccc(SC)c2)cc1. The largest absolute Gasteiger partial charge is 0.497 e. The third-order valence-corrected chi connectivity index (χ3v) is 3.95. The van der Waals surface area contributed by atoms with Crippen molar-refractivity contribution in [3.63, 3.8) is 0 Å². The van der Waals surface area contributed by atoms with Crippen LogP contribution in [-0.4, -0.2) is 31.8 Å². The highest BCUT2D eigenvalue weighted by atomic mass is 32.2. The molecule has 2 rings (SSSR count). The van der Waals surface area contributed by atoms with Crippen LogP contribution >= 0.6 is 11.8 Å². The van der Waals surface area contributed by atoms with Gasteiger partial charge in [-0.1, -0.05) is 18.2 Å². The smallest absolute Gasteiger partial charge is 0.331 e. The van der Waals surface area contributed by atoms with Crippen LogP contribution in [0.2, 0.25) is 0 Å². The van der Waals surface area contributed by atoms with Gasteiger partial charge in [-0.15, -0.1) is 11.8 Å². The predicted molar refractivity (Wildman–Crippen MR) is 99.8 cm³/mol. The Morgan fingerprint density at radius 2 is 1.92 bits per heavy atom. The first-order valence-electron chi connectivity index (χ1n) is 7.53. The van der Waals surface area contributed by atoms with Crippen LogP contribution in [-0.2, 0) is 14.3 Å². The number of hydrogen-bond donors (Lipinski definition) is 1. The van der Waals surface area contributed by atoms with Crippen LogP contribution in [0, 0.1) is 0 Å². The summed E-state index contributed by atoms with van der Waals surface area (Å²) in [5.41, 5.74) is 1.50. The zero-order valence-electron chi connectivity index (χ0n) is 14.0. The second-order valence-corrected chi connectivity index (χ2v) is 5.87. The summed E-state index contributed by atoms with van der Waals surface area (Å²) in [6.45, 7) is -0.338. The molecule has 2 aromatic carbocycles. The maximum Gasteiger partial charge on any atom is 0.331 e. The van der Waals surface area contributed by atoms with Gasteiger partial charge < -0.3 is 14.8 Å². The van der Waals surface area contributed by atoms with Crippen molar-refractivity contribution in [3.05, 3.63) is 60.2 Å². The lowest BCUT2D eigenvalue weighted by Gasteiger charge is -2.06. The van der Waals surface area contributed by atoms with Crippen LogP contribution in [0.25, 0.3) is 6.08 Å². The van der Waals surface area contributed by atoms with Crippen molar-refractivity contribution < 1.29 is 19.1 Å². The lowest BCUT2D eigenvalue weighted by Crippen LogP contribution is -2.20. The summed E-state index contributed by atoms with van der Waals surface area (Å²) in [6.07, 6.45) is 4.85. The predicted octanol–water partition coefficient (Wildman–Crippen LogP) is 3.61. The molecule has 0 saturated heterocycles. The van der Waals surface area contributed by atoms with E-state index in [0.29, 0.717) is 5.69 Å². The van der Waals surface area contributed by atoms with Gasteiger partial charge in [-0.25, -0.2) is 4.79 Å². The topological polar surface area (TPSA) is 64.6 Å². The Morgan fingerprint density at radius 3 is 2.60 bits per heavy atom. The molecule has 0 aliphatic rings. The van der Waals surface area contributed by atoms with Crippen LogP contribution < -0.4 is 10.1 Å². The van der Waals surface area contributed by atoms with Gasteiger partial charge in [0.25, 0.3) is 5.91 Å². The summed E-state index contributed by atoms with van der Waals surface area (Å²) in [5.74, 6) is -0.227. The molecule has 130 valence electrons. The number of methoxy groups -OCH3 is 1. The maximum absolute atomic E-state index is 11.8. The lowest BCUT2D eigenvalue weighted by atomic mass is 10.2. The van der Waals surface area contributed by atoms with Crippen molar-refractivity contribution in [1.29, 1.82) is 0 Å². The van der Waals surface area contributed by atoms with E-state index in [9.17, 15) is 9.59 Å². The van der Waals surface area contributed by atoms with Crippen molar-refractivity contribution in [2.45, 2.75) is 4.90 Å². The number of amides is 1. The Kier molecular flexibility index (Phi) is 7.10. The molecular weight excluding hydrogens is 338 g/mol. The van der Waals surface area contributed by atoms with E-state index in [2.05, 4.69) is 5.32 Å². The summed E-state index contributed by atoms with van der Waals surface area (Å²) < 4.78 is 9.99. The molecule has 0 aliphatic heterocycles. The van der Waals surface area contributed by atoms with Crippen molar-refractivity contribution in [1.82, 2.24) is 0 Å². The Labute approximate surface area is 151 Å². The molecule has 0 aromatic heterocycles. The highest BCUT2D eigenvalue weighted by Gasteiger charge is 2.06. The molecule has 0 spiro atoms. The van der Waals surface area contributed by atoms with Gasteiger partial charge in [-0.3, -0.25) is 4.79 Å². The number of thioether (sulfide) groups is 1. The molecule has 1 amide bonds. The highest BCUT2D eigenvalue weighted by Crippen LogP contribution is 2.18. The molecule has 6 heteroatoms. The molecule has 0 bridgehead atoms. The molecule has 0 atom stereocenters. The third kappa shape index (κ3) is 6.35. The number of hydrogen-bond acceptors (Lipinski definition) is 5. The molecule has 0 unspecified atom stereocenters. The number of carbonyl (C=O) groups excluding carboxylic acids is 2. The van der Waals surface area contributed by atoms with Crippen LogP contribution in [0.5, 0.6) is 5.75 Å². The number of ether oxygens (including phenoxy) is 2. The maximum atomic E-state index is 11.8. The molecule has 2 aromatic rings. The first-order chi connectivity index (χ1) is 12.1. The average molecular weight is 357 g/mol. The van der Waals surface area contributed by atoms with Crippen molar-refractivity contribution in [3.8, 4) is 5.75 Å². The molecule has 0 radical (unpaired) electrons. The van der Waals surface area contributed by atoms with E-state index in [1.54, 1.807) is 43.1 Å². The van der Waals surface area contributed by atoms with Gasteiger partial charge >= 0.3 is 5.97 Å². The van der Waals surface area contributed by atoms with E-state index in [4.69, 9.17) is 9.47 Å². The Balaban J connectivity index is 1.80. The fourth-order valence-electron chi connectivity index (χ4n) is 1.96. The van der Waals surface area contributed by atoms with Crippen LogP contribution in [0.3, 0.4) is 0 Å². The number of carbonyl (C=O) groups is 2. The Morgan fingerprint density at radius 1 is 1.16 bits per heavy atom. The van der Waals surface area contributed by atoms with E-state index in [-0.39, 0.29) is 12.5 Å². The number of esters is 1. The number of anilines is 1. The van der Waals surface area contributed by atoms with Gasteiger partial charge in [0.2, 0.25) is 0 Å². The average Bonchev–Trinajstić information content (AvgIpc) is 2.65. The Hall–Kier alpha value is -2.73. The molecule has 25 heavy (non-hydrogen) atoms. The monoisotopic (exact) mass is 357 g/mol. The van der Waals surface area contributed by atoms with Crippen molar-refractivity contribution in [2.24, 2.45) is 0 Å². The third-order valence-electron chi connectivity index (χ3n) is 3.23. The van der Waals surface area contributed by atoms with Crippen molar-refractivity contribution in [2.75, 3.05) is 25.3 Å². The fraction of sp³-hybridized carbons (Fsp3) is 0.158. The van der Waals surface area contributed by atoms with Gasteiger partial charge in [0, 0.05) is 16.7 Å². The first-order valence-corrected chi connectivity index (χ1v) is 8.76. The lowest BCUT2D eigenvalue weighted by molar-refractivity contribution is -0.142. The summed E-state index contributed by atoms with van der Waals surface area (Å²) >= 11 is 1.58. The molecule has 0 aliphatic carbocycles. The highest BCUT2D eigenvalue weighted by molar-refractivity contribution is 7.98. The van der Waals surface area contributed by atoms with Crippen molar-refractivity contribution >= 4 is 35.4 Å². The van der Waals surface area contributed by atoms with E-state index in [0.717, 1.165) is 16.2 Å². The molecular formula is C19H19NO4S. The van der Waals surface area contributed by atoms with Crippen LogP contribution in [0.15, 0.2) is 59.5 Å². The molecule has 0 fully saturated rings. The zero-order chi connectivity index (χ0) is 18.1. The summed E-state index contributed by atoms with van der Waals surface area (Å²) in [7, 11) is 1.59. The minimum atomic E-state index is -0.580. The summed E-state index contributed by atoms with van der Waals surface area (Å²) in [5, 5.41) is 2.69. The van der Waals surface area contributed by atoms with E-state index < -0.39 is 5.97 Å². The van der Waals surface area contributed by atoms with Gasteiger partial charge in [-0.05, 0) is 48.2 Å². The number of rotatable bonds is 7. The van der Waals surface area contributed by atoms with Gasteiger partial charge in [0.1, 0.15) is 5.75 Å². The Bertz CT molecular complexity index is 756. The standard InChI is InChI=1S/C19H19NO4S/c1-23-16-9-6-14(7-10-16)8-11-19(22)24-13-18(21)20-15-4-3-5-17(12-15)25-2/h3-12H,13H2,1-2H3,(H,20,21). The van der Waals surface area contributed by atoms with E-state index >= 15 is 0 Å². The normalized spacial score (nSPS) is 10.5. The van der Waals surface area contributed by atoms with Crippen LogP contribution in [0.4, 0.5) is 5.69 Å². The van der Waals surface area contributed by atoms with Crippen LogP contribution in [0.1, 0.15) is 5.56 Å². The molecule has 0 saturated carbocycles. The minimum Gasteiger partial charge on any atom is -0.497 e. The quantitative estimate of drug-likeness (QED) is 0.466. The second-order valence-electron chi connectivity index (χ2n) is 4.99. The number of nitrogens with one attached hydrogen (secondary N) is 1. The number of benzene rings is 2. The van der Waals surface area contributed by atoms with E-state index in [1.165, 1.54) is 6.08 Å². The summed E-state index contributed by atoms with van der Waals surface area (Å²) in [6, 6.07) is 14.6. The molecule has 0 heterocycles. The van der Waals surface area contributed by atoms with E-state index in [1.807, 2.05) is 36.6 Å². The minimum absolute atomic E-state index is 0.338. The zero-order valence-corrected chi connectivity index (χ0v) is 14.8. The fourth-order valence-corrected chi connectivity index (χ4v) is 2.42. The molecule has 5 nitrogen and oxygen atoms in total. The molecule has 1 N–H and O–H groups in total. The first kappa shape index (κ1) is 18.6. The van der Waals surface area contributed by atoms with Gasteiger partial charge in [0.15, 0.2) is 6.61 Å². The second kappa shape index (κ2) is 9.54. The van der Waals surface area contributed by atoms with Gasteiger partial charge in [0.05, 0.1) is 7.11 Å².